The first kappa shape index (κ1) is 14.0. The van der Waals surface area contributed by atoms with Crippen molar-refractivity contribution in [1.82, 2.24) is 10.3 Å². The highest BCUT2D eigenvalue weighted by Crippen LogP contribution is 2.31. The third-order valence-electron chi connectivity index (χ3n) is 2.48. The standard InChI is InChI=1S/C14H14F2N2S/c1-2-17-9-10-7-11(15)14(12(16)8-10)19-13-5-3-4-6-18-13/h3-8,17H,2,9H2,1H3. The molecule has 0 amide bonds. The average Bonchev–Trinajstić information content (AvgIpc) is 2.42. The summed E-state index contributed by atoms with van der Waals surface area (Å²) in [6, 6.07) is 7.98. The fraction of sp³-hybridized carbons (Fsp3) is 0.214. The quantitative estimate of drug-likeness (QED) is 0.905. The van der Waals surface area contributed by atoms with E-state index in [0.717, 1.165) is 18.3 Å². The fourth-order valence-electron chi connectivity index (χ4n) is 1.59. The molecule has 0 fully saturated rings. The first-order valence-corrected chi connectivity index (χ1v) is 6.80. The smallest absolute Gasteiger partial charge is 0.140 e. The van der Waals surface area contributed by atoms with E-state index in [9.17, 15) is 8.78 Å². The highest BCUT2D eigenvalue weighted by atomic mass is 32.2. The van der Waals surface area contributed by atoms with E-state index in [1.165, 1.54) is 12.1 Å². The van der Waals surface area contributed by atoms with Crippen molar-refractivity contribution < 1.29 is 8.78 Å². The molecule has 0 saturated heterocycles. The number of benzene rings is 1. The van der Waals surface area contributed by atoms with Crippen LogP contribution in [0.3, 0.4) is 0 Å². The summed E-state index contributed by atoms with van der Waals surface area (Å²) >= 11 is 0.992. The van der Waals surface area contributed by atoms with Crippen LogP contribution in [0, 0.1) is 11.6 Å². The molecule has 1 aromatic carbocycles. The molecule has 1 aromatic heterocycles. The van der Waals surface area contributed by atoms with Crippen molar-refractivity contribution in [2.24, 2.45) is 0 Å². The maximum Gasteiger partial charge on any atom is 0.140 e. The van der Waals surface area contributed by atoms with Gasteiger partial charge in [-0.15, -0.1) is 0 Å². The normalized spacial score (nSPS) is 10.7. The topological polar surface area (TPSA) is 24.9 Å². The van der Waals surface area contributed by atoms with Gasteiger partial charge in [-0.05, 0) is 36.4 Å². The molecule has 0 aliphatic carbocycles. The second kappa shape index (κ2) is 6.63. The molecule has 0 saturated carbocycles. The lowest BCUT2D eigenvalue weighted by Crippen LogP contribution is -2.12. The molecular weight excluding hydrogens is 266 g/mol. The fourth-order valence-corrected chi connectivity index (χ4v) is 2.38. The van der Waals surface area contributed by atoms with Gasteiger partial charge in [-0.1, -0.05) is 24.8 Å². The molecule has 0 unspecified atom stereocenters. The van der Waals surface area contributed by atoms with E-state index in [1.807, 2.05) is 6.92 Å². The highest BCUT2D eigenvalue weighted by molar-refractivity contribution is 7.99. The SMILES string of the molecule is CCNCc1cc(F)c(Sc2ccccn2)c(F)c1. The van der Waals surface area contributed by atoms with E-state index in [1.54, 1.807) is 24.4 Å². The Hall–Kier alpha value is -1.46. The van der Waals surface area contributed by atoms with Crippen molar-refractivity contribution in [1.29, 1.82) is 0 Å². The molecule has 2 aromatic rings. The second-order valence-electron chi connectivity index (χ2n) is 3.94. The number of aromatic nitrogens is 1. The van der Waals surface area contributed by atoms with Gasteiger partial charge in [0, 0.05) is 12.7 Å². The van der Waals surface area contributed by atoms with Crippen molar-refractivity contribution in [3.63, 3.8) is 0 Å². The number of hydrogen-bond acceptors (Lipinski definition) is 3. The highest BCUT2D eigenvalue weighted by Gasteiger charge is 2.13. The molecule has 0 aliphatic heterocycles. The minimum atomic E-state index is -0.552. The van der Waals surface area contributed by atoms with Gasteiger partial charge < -0.3 is 5.32 Å². The predicted molar refractivity (Wildman–Crippen MR) is 72.1 cm³/mol. The Labute approximate surface area is 115 Å². The third kappa shape index (κ3) is 3.75. The van der Waals surface area contributed by atoms with Crippen molar-refractivity contribution in [3.8, 4) is 0 Å². The summed E-state index contributed by atoms with van der Waals surface area (Å²) in [4.78, 5) is 4.03. The zero-order valence-corrected chi connectivity index (χ0v) is 11.3. The molecule has 1 N–H and O–H groups in total. The molecule has 1 heterocycles. The lowest BCUT2D eigenvalue weighted by atomic mass is 10.2. The average molecular weight is 280 g/mol. The molecule has 0 radical (unpaired) electrons. The third-order valence-corrected chi connectivity index (χ3v) is 3.53. The molecule has 0 spiro atoms. The van der Waals surface area contributed by atoms with Crippen molar-refractivity contribution in [3.05, 3.63) is 53.7 Å². The van der Waals surface area contributed by atoms with Gasteiger partial charge >= 0.3 is 0 Å². The monoisotopic (exact) mass is 280 g/mol. The van der Waals surface area contributed by atoms with Gasteiger partial charge in [-0.3, -0.25) is 0 Å². The summed E-state index contributed by atoms with van der Waals surface area (Å²) in [6.45, 7) is 3.16. The Morgan fingerprint density at radius 3 is 2.53 bits per heavy atom. The van der Waals surface area contributed by atoms with Crippen LogP contribution in [0.5, 0.6) is 0 Å². The van der Waals surface area contributed by atoms with Crippen LogP contribution in [0.4, 0.5) is 8.78 Å². The molecule has 0 atom stereocenters. The van der Waals surface area contributed by atoms with Gasteiger partial charge in [0.15, 0.2) is 0 Å². The molecule has 0 bridgehead atoms. The largest absolute Gasteiger partial charge is 0.313 e. The van der Waals surface area contributed by atoms with Crippen molar-refractivity contribution >= 4 is 11.8 Å². The van der Waals surface area contributed by atoms with E-state index < -0.39 is 11.6 Å². The van der Waals surface area contributed by atoms with Gasteiger partial charge in [0.05, 0.1) is 4.90 Å². The molecular formula is C14H14F2N2S. The van der Waals surface area contributed by atoms with Gasteiger partial charge in [0.1, 0.15) is 16.7 Å². The Morgan fingerprint density at radius 2 is 1.95 bits per heavy atom. The van der Waals surface area contributed by atoms with Crippen LogP contribution in [-0.4, -0.2) is 11.5 Å². The van der Waals surface area contributed by atoms with Crippen LogP contribution < -0.4 is 5.32 Å². The van der Waals surface area contributed by atoms with Crippen LogP contribution in [0.2, 0.25) is 0 Å². The zero-order chi connectivity index (χ0) is 13.7. The summed E-state index contributed by atoms with van der Waals surface area (Å²) in [5.74, 6) is -1.10. The summed E-state index contributed by atoms with van der Waals surface area (Å²) in [7, 11) is 0. The van der Waals surface area contributed by atoms with E-state index in [-0.39, 0.29) is 4.90 Å². The van der Waals surface area contributed by atoms with Gasteiger partial charge in [-0.2, -0.15) is 0 Å². The van der Waals surface area contributed by atoms with Crippen LogP contribution in [-0.2, 0) is 6.54 Å². The Balaban J connectivity index is 2.22. The van der Waals surface area contributed by atoms with Crippen LogP contribution in [0.25, 0.3) is 0 Å². The number of nitrogens with zero attached hydrogens (tertiary/aromatic N) is 1. The number of halogens is 2. The Morgan fingerprint density at radius 1 is 1.21 bits per heavy atom. The Kier molecular flexibility index (Phi) is 4.87. The summed E-state index contributed by atoms with van der Waals surface area (Å²) in [5, 5.41) is 3.60. The van der Waals surface area contributed by atoms with Gasteiger partial charge in [0.25, 0.3) is 0 Å². The first-order chi connectivity index (χ1) is 9.20. The van der Waals surface area contributed by atoms with Crippen LogP contribution in [0.15, 0.2) is 46.5 Å². The summed E-state index contributed by atoms with van der Waals surface area (Å²) in [6.07, 6.45) is 1.59. The van der Waals surface area contributed by atoms with Crippen LogP contribution >= 0.6 is 11.8 Å². The maximum absolute atomic E-state index is 13.9. The molecule has 100 valence electrons. The number of hydrogen-bond donors (Lipinski definition) is 1. The number of nitrogens with one attached hydrogen (secondary N) is 1. The van der Waals surface area contributed by atoms with Gasteiger partial charge in [0.2, 0.25) is 0 Å². The Bertz CT molecular complexity index is 523. The molecule has 5 heteroatoms. The number of pyridine rings is 1. The molecule has 2 nitrogen and oxygen atoms in total. The van der Waals surface area contributed by atoms with Crippen molar-refractivity contribution in [2.75, 3.05) is 6.54 Å². The zero-order valence-electron chi connectivity index (χ0n) is 10.5. The summed E-state index contributed by atoms with van der Waals surface area (Å²) in [5.41, 5.74) is 0.599. The van der Waals surface area contributed by atoms with E-state index in [2.05, 4.69) is 10.3 Å². The molecule has 0 aliphatic rings. The predicted octanol–water partition coefficient (Wildman–Crippen LogP) is 3.62. The second-order valence-corrected chi connectivity index (χ2v) is 4.97. The van der Waals surface area contributed by atoms with E-state index >= 15 is 0 Å². The maximum atomic E-state index is 13.9. The van der Waals surface area contributed by atoms with Crippen LogP contribution in [0.1, 0.15) is 12.5 Å². The molecule has 2 rings (SSSR count). The minimum Gasteiger partial charge on any atom is -0.313 e. The lowest BCUT2D eigenvalue weighted by molar-refractivity contribution is 0.535. The van der Waals surface area contributed by atoms with E-state index in [4.69, 9.17) is 0 Å². The van der Waals surface area contributed by atoms with Gasteiger partial charge in [-0.25, -0.2) is 13.8 Å². The van der Waals surface area contributed by atoms with E-state index in [0.29, 0.717) is 17.1 Å². The summed E-state index contributed by atoms with van der Waals surface area (Å²) < 4.78 is 27.8. The first-order valence-electron chi connectivity index (χ1n) is 5.98. The molecule has 19 heavy (non-hydrogen) atoms. The lowest BCUT2D eigenvalue weighted by Gasteiger charge is -2.08. The number of rotatable bonds is 5. The minimum absolute atomic E-state index is 0.0149. The van der Waals surface area contributed by atoms with Crippen molar-refractivity contribution in [2.45, 2.75) is 23.4 Å².